The minimum atomic E-state index is -3.03. The third-order valence-electron chi connectivity index (χ3n) is 6.30. The number of alkyl halides is 2. The lowest BCUT2D eigenvalue weighted by molar-refractivity contribution is 0.00175. The molecule has 0 radical (unpaired) electrons. The number of methoxy groups -OCH3 is 1. The van der Waals surface area contributed by atoms with E-state index in [1.807, 2.05) is 11.4 Å². The van der Waals surface area contributed by atoms with Crippen LogP contribution in [0.25, 0.3) is 10.9 Å². The van der Waals surface area contributed by atoms with Crippen molar-refractivity contribution >= 4 is 45.5 Å². The number of rotatable bonds is 9. The molecule has 0 unspecified atom stereocenters. The second-order valence-electron chi connectivity index (χ2n) is 9.28. The molecule has 4 aromatic rings. The predicted octanol–water partition coefficient (Wildman–Crippen LogP) is 4.17. The number of hydrogen-bond donors (Lipinski definition) is 3. The lowest BCUT2D eigenvalue weighted by Gasteiger charge is -2.28. The summed E-state index contributed by atoms with van der Waals surface area (Å²) in [5, 5.41) is 12.8. The Labute approximate surface area is 233 Å². The van der Waals surface area contributed by atoms with Crippen LogP contribution in [-0.2, 0) is 11.3 Å². The minimum absolute atomic E-state index is 0.0759. The second-order valence-corrected chi connectivity index (χ2v) is 9.28. The van der Waals surface area contributed by atoms with E-state index in [0.717, 1.165) is 30.4 Å². The van der Waals surface area contributed by atoms with Crippen LogP contribution in [0.2, 0.25) is 0 Å². The van der Waals surface area contributed by atoms with Gasteiger partial charge in [-0.1, -0.05) is 0 Å². The highest BCUT2D eigenvalue weighted by Crippen LogP contribution is 2.37. The number of nitrogens with one attached hydrogen (secondary N) is 3. The van der Waals surface area contributed by atoms with E-state index < -0.39 is 25.4 Å². The maximum Gasteiger partial charge on any atom is 0.264 e. The van der Waals surface area contributed by atoms with Gasteiger partial charge in [-0.25, -0.2) is 18.7 Å². The fourth-order valence-corrected chi connectivity index (χ4v) is 4.45. The molecule has 5 rings (SSSR count). The van der Waals surface area contributed by atoms with Gasteiger partial charge in [0.25, 0.3) is 11.8 Å². The van der Waals surface area contributed by atoms with Crippen molar-refractivity contribution < 1.29 is 27.2 Å². The van der Waals surface area contributed by atoms with Crippen molar-refractivity contribution in [1.82, 2.24) is 25.1 Å². The minimum Gasteiger partial charge on any atom is -0.492 e. The molecule has 1 aromatic carbocycles. The van der Waals surface area contributed by atoms with E-state index >= 15 is 0 Å². The van der Waals surface area contributed by atoms with Gasteiger partial charge in [0.15, 0.2) is 5.75 Å². The van der Waals surface area contributed by atoms with Crippen LogP contribution in [0.1, 0.15) is 21.4 Å². The molecule has 0 saturated carbocycles. The van der Waals surface area contributed by atoms with Crippen molar-refractivity contribution in [3.8, 4) is 5.75 Å². The summed E-state index contributed by atoms with van der Waals surface area (Å²) in [5.41, 5.74) is 1.69. The zero-order valence-corrected chi connectivity index (χ0v) is 21.9. The molecular formula is C27H30F2N8O3. The van der Waals surface area contributed by atoms with Gasteiger partial charge >= 0.3 is 0 Å². The molecule has 0 bridgehead atoms. The second kappa shape index (κ2) is 11.3. The van der Waals surface area contributed by atoms with Gasteiger partial charge in [0.1, 0.15) is 23.7 Å². The van der Waals surface area contributed by atoms with Crippen LogP contribution in [-0.4, -0.2) is 72.0 Å². The summed E-state index contributed by atoms with van der Waals surface area (Å²) >= 11 is 0. The molecule has 4 heterocycles. The molecule has 1 aliphatic rings. The molecule has 1 aliphatic heterocycles. The van der Waals surface area contributed by atoms with E-state index in [9.17, 15) is 13.6 Å². The fourth-order valence-electron chi connectivity index (χ4n) is 4.45. The quantitative estimate of drug-likeness (QED) is 0.280. The maximum atomic E-state index is 13.9. The number of aromatic nitrogens is 4. The van der Waals surface area contributed by atoms with Gasteiger partial charge in [0, 0.05) is 48.8 Å². The monoisotopic (exact) mass is 555 g/mol. The topological polar surface area (TPSA) is 118 Å². The number of morpholine rings is 1. The summed E-state index contributed by atoms with van der Waals surface area (Å²) in [4.78, 5) is 23.9. The molecule has 3 aromatic heterocycles. The number of hydrogen-bond acceptors (Lipinski definition) is 9. The first-order chi connectivity index (χ1) is 20.4. The van der Waals surface area contributed by atoms with Gasteiger partial charge in [0.2, 0.25) is 0 Å². The van der Waals surface area contributed by atoms with Crippen LogP contribution >= 0.6 is 0 Å². The SMILES string of the molecule is [2H]C([2H])([2H])NC(=O)c1cnc(Nc2ccc(N3CCOCC3)cn2)cc1Nc1ccc2cnn(CC(C)(F)F)c2c1OC. The van der Waals surface area contributed by atoms with Crippen molar-refractivity contribution in [3.63, 3.8) is 0 Å². The van der Waals surface area contributed by atoms with Gasteiger partial charge in [0.05, 0.1) is 55.3 Å². The molecular weight excluding hydrogens is 522 g/mol. The Hall–Kier alpha value is -4.52. The number of halogens is 2. The highest BCUT2D eigenvalue weighted by atomic mass is 19.3. The molecule has 0 atom stereocenters. The van der Waals surface area contributed by atoms with Gasteiger partial charge in [-0.3, -0.25) is 9.48 Å². The molecule has 1 amide bonds. The Bertz CT molecular complexity index is 1600. The number of benzene rings is 1. The van der Waals surface area contributed by atoms with E-state index in [1.165, 1.54) is 25.6 Å². The lowest BCUT2D eigenvalue weighted by Crippen LogP contribution is -2.36. The molecule has 11 nitrogen and oxygen atoms in total. The summed E-state index contributed by atoms with van der Waals surface area (Å²) in [5.74, 6) is -2.94. The first kappa shape index (κ1) is 23.4. The fraction of sp³-hybridized carbons (Fsp3) is 0.333. The van der Waals surface area contributed by atoms with Crippen LogP contribution < -0.4 is 25.6 Å². The van der Waals surface area contributed by atoms with Crippen LogP contribution in [0.15, 0.2) is 48.9 Å². The Morgan fingerprint density at radius 3 is 2.60 bits per heavy atom. The normalized spacial score (nSPS) is 15.2. The van der Waals surface area contributed by atoms with E-state index in [2.05, 4.69) is 30.6 Å². The Morgan fingerprint density at radius 1 is 1.10 bits per heavy atom. The molecule has 13 heteroatoms. The third-order valence-corrected chi connectivity index (χ3v) is 6.30. The Balaban J connectivity index is 1.48. The maximum absolute atomic E-state index is 13.9. The zero-order chi connectivity index (χ0) is 30.8. The van der Waals surface area contributed by atoms with Gasteiger partial charge in [-0.05, 0) is 24.3 Å². The first-order valence-corrected chi connectivity index (χ1v) is 12.5. The molecule has 0 spiro atoms. The number of fused-ring (bicyclic) bond motifs is 1. The van der Waals surface area contributed by atoms with E-state index in [-0.39, 0.29) is 17.0 Å². The number of amides is 1. The Kier molecular flexibility index (Phi) is 6.60. The lowest BCUT2D eigenvalue weighted by atomic mass is 10.1. The highest BCUT2D eigenvalue weighted by molar-refractivity contribution is 6.01. The van der Waals surface area contributed by atoms with Crippen LogP contribution in [0, 0.1) is 0 Å². The van der Waals surface area contributed by atoms with E-state index in [1.54, 1.807) is 24.4 Å². The summed E-state index contributed by atoms with van der Waals surface area (Å²) in [6.07, 6.45) is 4.41. The number of ether oxygens (including phenoxy) is 2. The molecule has 1 fully saturated rings. The summed E-state index contributed by atoms with van der Waals surface area (Å²) < 4.78 is 62.3. The first-order valence-electron chi connectivity index (χ1n) is 14.0. The third kappa shape index (κ3) is 5.88. The summed E-state index contributed by atoms with van der Waals surface area (Å²) in [6, 6.07) is 8.52. The number of pyridine rings is 2. The van der Waals surface area contributed by atoms with Gasteiger partial charge in [-0.2, -0.15) is 5.10 Å². The predicted molar refractivity (Wildman–Crippen MR) is 148 cm³/mol. The van der Waals surface area contributed by atoms with E-state index in [0.29, 0.717) is 41.4 Å². The van der Waals surface area contributed by atoms with Crippen molar-refractivity contribution in [1.29, 1.82) is 0 Å². The molecule has 40 heavy (non-hydrogen) atoms. The number of carbonyl (C=O) groups excluding carboxylic acids is 1. The van der Waals surface area contributed by atoms with E-state index in [4.69, 9.17) is 13.6 Å². The highest BCUT2D eigenvalue weighted by Gasteiger charge is 2.25. The zero-order valence-electron chi connectivity index (χ0n) is 24.9. The van der Waals surface area contributed by atoms with Crippen molar-refractivity contribution in [3.05, 3.63) is 54.5 Å². The van der Waals surface area contributed by atoms with Crippen molar-refractivity contribution in [2.75, 3.05) is 55.9 Å². The van der Waals surface area contributed by atoms with Crippen LogP contribution in [0.5, 0.6) is 5.75 Å². The largest absolute Gasteiger partial charge is 0.492 e. The average Bonchev–Trinajstić information content (AvgIpc) is 3.34. The molecule has 210 valence electrons. The molecule has 1 saturated heterocycles. The summed E-state index contributed by atoms with van der Waals surface area (Å²) in [7, 11) is 1.38. The van der Waals surface area contributed by atoms with Gasteiger partial charge in [-0.15, -0.1) is 0 Å². The molecule has 3 N–H and O–H groups in total. The Morgan fingerprint density at radius 2 is 1.90 bits per heavy atom. The van der Waals surface area contributed by atoms with Crippen LogP contribution in [0.4, 0.5) is 37.5 Å². The number of carbonyl (C=O) groups is 1. The number of anilines is 5. The van der Waals surface area contributed by atoms with Crippen molar-refractivity contribution in [2.24, 2.45) is 0 Å². The van der Waals surface area contributed by atoms with Gasteiger partial charge < -0.3 is 30.3 Å². The number of nitrogens with zero attached hydrogens (tertiary/aromatic N) is 5. The summed E-state index contributed by atoms with van der Waals surface area (Å²) in [6.45, 7) is 0.194. The smallest absolute Gasteiger partial charge is 0.264 e. The standard InChI is InChI=1S/C27H30F2N8O3/c1-27(28,29)16-37-24-17(13-33-37)4-6-20(25(24)39-3)34-21-12-23(32-15-19(21)26(38)30-2)35-22-7-5-18(14-31-22)36-8-10-40-11-9-36/h4-7,12-15H,8-11,16H2,1-3H3,(H,30,38)(H2,31,32,34,35)/i2D3. The average molecular weight is 556 g/mol. The van der Waals surface area contributed by atoms with Crippen LogP contribution in [0.3, 0.4) is 0 Å². The van der Waals surface area contributed by atoms with Crippen molar-refractivity contribution in [2.45, 2.75) is 19.4 Å². The molecule has 0 aliphatic carbocycles.